The van der Waals surface area contributed by atoms with Gasteiger partial charge in [0.05, 0.1) is 11.1 Å². The molecular formula is C13H14O5. The minimum Gasteiger partial charge on any atom is -0.478 e. The average molecular weight is 250 g/mol. The van der Waals surface area contributed by atoms with Crippen molar-refractivity contribution in [1.29, 1.82) is 0 Å². The zero-order valence-electron chi connectivity index (χ0n) is 10.0. The minimum atomic E-state index is -1.23. The molecule has 1 aromatic rings. The first kappa shape index (κ1) is 13.9. The number of hydrogen-bond donors (Lipinski definition) is 1. The Kier molecular flexibility index (Phi) is 5.05. The summed E-state index contributed by atoms with van der Waals surface area (Å²) in [4.78, 5) is 33.8. The molecule has 0 radical (unpaired) electrons. The Labute approximate surface area is 104 Å². The molecule has 0 fully saturated rings. The lowest BCUT2D eigenvalue weighted by Crippen LogP contribution is -2.15. The Morgan fingerprint density at radius 2 is 1.78 bits per heavy atom. The molecule has 0 spiro atoms. The van der Waals surface area contributed by atoms with Crippen LogP contribution in [0.2, 0.25) is 0 Å². The Bertz CT molecular complexity index is 464. The number of aromatic carboxylic acids is 1. The second kappa shape index (κ2) is 6.54. The molecule has 5 nitrogen and oxygen atoms in total. The summed E-state index contributed by atoms with van der Waals surface area (Å²) in [6.45, 7) is 1.91. The van der Waals surface area contributed by atoms with Crippen LogP contribution in [0.1, 0.15) is 46.9 Å². The molecule has 0 unspecified atom stereocenters. The third-order valence-electron chi connectivity index (χ3n) is 2.32. The fraction of sp³-hybridized carbons (Fsp3) is 0.308. The van der Waals surface area contributed by atoms with Crippen LogP contribution in [0.5, 0.6) is 0 Å². The van der Waals surface area contributed by atoms with E-state index in [4.69, 9.17) is 5.11 Å². The van der Waals surface area contributed by atoms with Gasteiger partial charge in [-0.1, -0.05) is 25.5 Å². The molecule has 0 saturated carbocycles. The Morgan fingerprint density at radius 3 is 2.33 bits per heavy atom. The van der Waals surface area contributed by atoms with Crippen molar-refractivity contribution in [1.82, 2.24) is 0 Å². The lowest BCUT2D eigenvalue weighted by Gasteiger charge is -2.05. The second-order valence-electron chi connectivity index (χ2n) is 3.72. The predicted molar refractivity (Wildman–Crippen MR) is 63.3 cm³/mol. The van der Waals surface area contributed by atoms with Crippen LogP contribution in [-0.4, -0.2) is 23.0 Å². The maximum absolute atomic E-state index is 11.6. The van der Waals surface area contributed by atoms with E-state index >= 15 is 0 Å². The van der Waals surface area contributed by atoms with Crippen LogP contribution >= 0.6 is 0 Å². The number of carbonyl (C=O) groups is 3. The van der Waals surface area contributed by atoms with E-state index in [0.717, 1.165) is 6.42 Å². The van der Waals surface area contributed by atoms with Crippen LogP contribution in [0.3, 0.4) is 0 Å². The summed E-state index contributed by atoms with van der Waals surface area (Å²) >= 11 is 0. The summed E-state index contributed by atoms with van der Waals surface area (Å²) in [5.41, 5.74) is -0.291. The number of carboxylic acid groups (broad SMARTS) is 1. The topological polar surface area (TPSA) is 80.7 Å². The van der Waals surface area contributed by atoms with E-state index < -0.39 is 17.9 Å². The second-order valence-corrected chi connectivity index (χ2v) is 3.72. The average Bonchev–Trinajstić information content (AvgIpc) is 2.36. The predicted octanol–water partition coefficient (Wildman–Crippen LogP) is 2.26. The number of rotatable bonds is 5. The van der Waals surface area contributed by atoms with E-state index in [0.29, 0.717) is 6.42 Å². The van der Waals surface area contributed by atoms with Crippen LogP contribution in [0, 0.1) is 0 Å². The number of carboxylic acids is 1. The molecule has 0 aromatic heterocycles. The first-order valence-corrected chi connectivity index (χ1v) is 5.63. The van der Waals surface area contributed by atoms with E-state index in [2.05, 4.69) is 4.74 Å². The number of unbranched alkanes of at least 4 members (excludes halogenated alkanes) is 1. The van der Waals surface area contributed by atoms with Gasteiger partial charge in [-0.05, 0) is 18.6 Å². The van der Waals surface area contributed by atoms with Crippen LogP contribution in [-0.2, 0) is 9.53 Å². The fourth-order valence-electron chi connectivity index (χ4n) is 1.38. The van der Waals surface area contributed by atoms with Crippen molar-refractivity contribution in [2.75, 3.05) is 0 Å². The summed E-state index contributed by atoms with van der Waals surface area (Å²) in [6, 6.07) is 5.62. The molecule has 18 heavy (non-hydrogen) atoms. The summed E-state index contributed by atoms with van der Waals surface area (Å²) in [5, 5.41) is 8.90. The molecule has 0 amide bonds. The fourth-order valence-corrected chi connectivity index (χ4v) is 1.38. The molecule has 1 rings (SSSR count). The van der Waals surface area contributed by atoms with E-state index in [1.54, 1.807) is 0 Å². The quantitative estimate of drug-likeness (QED) is 0.640. The molecule has 0 aliphatic heterocycles. The van der Waals surface area contributed by atoms with Crippen LogP contribution in [0.25, 0.3) is 0 Å². The molecule has 0 aliphatic carbocycles. The van der Waals surface area contributed by atoms with Crippen molar-refractivity contribution in [2.24, 2.45) is 0 Å². The number of esters is 2. The van der Waals surface area contributed by atoms with Gasteiger partial charge in [0.25, 0.3) is 0 Å². The number of benzene rings is 1. The molecule has 96 valence electrons. The Morgan fingerprint density at radius 1 is 1.17 bits per heavy atom. The van der Waals surface area contributed by atoms with Crippen molar-refractivity contribution in [3.05, 3.63) is 35.4 Å². The van der Waals surface area contributed by atoms with Gasteiger partial charge in [0.2, 0.25) is 0 Å². The molecule has 0 saturated heterocycles. The van der Waals surface area contributed by atoms with Gasteiger partial charge in [-0.3, -0.25) is 4.79 Å². The van der Waals surface area contributed by atoms with Gasteiger partial charge in [0.15, 0.2) is 0 Å². The lowest BCUT2D eigenvalue weighted by atomic mass is 10.1. The minimum absolute atomic E-state index is 0.116. The summed E-state index contributed by atoms with van der Waals surface area (Å²) < 4.78 is 4.59. The largest absolute Gasteiger partial charge is 0.478 e. The van der Waals surface area contributed by atoms with Crippen LogP contribution in [0.15, 0.2) is 24.3 Å². The summed E-state index contributed by atoms with van der Waals surface area (Å²) in [7, 11) is 0. The van der Waals surface area contributed by atoms with Crippen LogP contribution < -0.4 is 0 Å². The summed E-state index contributed by atoms with van der Waals surface area (Å²) in [6.07, 6.45) is 1.60. The number of ether oxygens (including phenoxy) is 1. The zero-order chi connectivity index (χ0) is 13.5. The first-order chi connectivity index (χ1) is 8.56. The van der Waals surface area contributed by atoms with Gasteiger partial charge in [-0.25, -0.2) is 9.59 Å². The third-order valence-corrected chi connectivity index (χ3v) is 2.32. The highest BCUT2D eigenvalue weighted by Crippen LogP contribution is 2.11. The molecule has 0 atom stereocenters. The van der Waals surface area contributed by atoms with Crippen molar-refractivity contribution < 1.29 is 24.2 Å². The zero-order valence-corrected chi connectivity index (χ0v) is 10.0. The molecule has 0 aliphatic rings. The van der Waals surface area contributed by atoms with Crippen LogP contribution in [0.4, 0.5) is 0 Å². The van der Waals surface area contributed by atoms with Gasteiger partial charge >= 0.3 is 17.9 Å². The highest BCUT2D eigenvalue weighted by atomic mass is 16.6. The van der Waals surface area contributed by atoms with Crippen molar-refractivity contribution in [3.8, 4) is 0 Å². The standard InChI is InChI=1S/C13H14O5/c1-2-3-8-11(14)18-13(17)10-7-5-4-6-9(10)12(15)16/h4-7H,2-3,8H2,1H3,(H,15,16). The maximum Gasteiger partial charge on any atom is 0.346 e. The molecule has 0 heterocycles. The van der Waals surface area contributed by atoms with Gasteiger partial charge in [0, 0.05) is 6.42 Å². The number of hydrogen-bond acceptors (Lipinski definition) is 4. The molecule has 1 N–H and O–H groups in total. The van der Waals surface area contributed by atoms with Crippen molar-refractivity contribution in [2.45, 2.75) is 26.2 Å². The van der Waals surface area contributed by atoms with Crippen molar-refractivity contribution >= 4 is 17.9 Å². The highest BCUT2D eigenvalue weighted by Gasteiger charge is 2.19. The Hall–Kier alpha value is -2.17. The molecule has 1 aromatic carbocycles. The van der Waals surface area contributed by atoms with E-state index in [9.17, 15) is 14.4 Å². The smallest absolute Gasteiger partial charge is 0.346 e. The molecule has 0 bridgehead atoms. The monoisotopic (exact) mass is 250 g/mol. The third kappa shape index (κ3) is 3.69. The molecular weight excluding hydrogens is 236 g/mol. The van der Waals surface area contributed by atoms with E-state index in [1.807, 2.05) is 6.92 Å². The van der Waals surface area contributed by atoms with Gasteiger partial charge in [0.1, 0.15) is 0 Å². The maximum atomic E-state index is 11.6. The number of carbonyl (C=O) groups excluding carboxylic acids is 2. The van der Waals surface area contributed by atoms with Gasteiger partial charge < -0.3 is 9.84 Å². The normalized spacial score (nSPS) is 9.83. The van der Waals surface area contributed by atoms with E-state index in [-0.39, 0.29) is 17.5 Å². The highest BCUT2D eigenvalue weighted by molar-refractivity contribution is 6.05. The Balaban J connectivity index is 2.78. The van der Waals surface area contributed by atoms with Gasteiger partial charge in [-0.2, -0.15) is 0 Å². The lowest BCUT2D eigenvalue weighted by molar-refractivity contribution is -0.138. The first-order valence-electron chi connectivity index (χ1n) is 5.63. The molecule has 5 heteroatoms. The summed E-state index contributed by atoms with van der Waals surface area (Å²) in [5.74, 6) is -2.79. The van der Waals surface area contributed by atoms with E-state index in [1.165, 1.54) is 24.3 Å². The van der Waals surface area contributed by atoms with Crippen molar-refractivity contribution in [3.63, 3.8) is 0 Å². The van der Waals surface area contributed by atoms with Gasteiger partial charge in [-0.15, -0.1) is 0 Å². The SMILES string of the molecule is CCCCC(=O)OC(=O)c1ccccc1C(=O)O.